The molecule has 0 saturated heterocycles. The monoisotopic (exact) mass is 111 g/mol. The second kappa shape index (κ2) is 1.62. The highest BCUT2D eigenvalue weighted by molar-refractivity contribution is 5.05. The predicted octanol–water partition coefficient (Wildman–Crippen LogP) is 1.04. The third-order valence-electron chi connectivity index (χ3n) is 1.15. The van der Waals surface area contributed by atoms with Crippen LogP contribution in [0, 0.1) is 13.8 Å². The highest BCUT2D eigenvalue weighted by atomic mass is 15.3. The van der Waals surface area contributed by atoms with Crippen LogP contribution in [0.2, 0.25) is 0 Å². The topological polar surface area (TPSA) is 17.8 Å². The van der Waals surface area contributed by atoms with Crippen molar-refractivity contribution in [3.8, 4) is 0 Å². The van der Waals surface area contributed by atoms with Gasteiger partial charge < -0.3 is 0 Å². The summed E-state index contributed by atoms with van der Waals surface area (Å²) in [6.45, 7) is 3.73. The summed E-state index contributed by atoms with van der Waals surface area (Å²) in [5.74, 6) is 0. The van der Waals surface area contributed by atoms with Crippen LogP contribution in [-0.4, -0.2) is 9.78 Å². The molecule has 0 spiro atoms. The number of hydrogen-bond donors (Lipinski definition) is 0. The molecule has 1 rings (SSSR count). The molecule has 0 saturated carbocycles. The van der Waals surface area contributed by atoms with Gasteiger partial charge in [0.05, 0.1) is 7.06 Å². The molecule has 0 amide bonds. The van der Waals surface area contributed by atoms with Crippen molar-refractivity contribution in [2.24, 2.45) is 7.05 Å². The number of hydrogen-bond acceptors (Lipinski definition) is 1. The summed E-state index contributed by atoms with van der Waals surface area (Å²) < 4.78 is 9.10. The van der Waals surface area contributed by atoms with Crippen molar-refractivity contribution in [3.63, 3.8) is 0 Å². The maximum Gasteiger partial charge on any atom is 0.0662 e. The summed E-state index contributed by atoms with van der Waals surface area (Å²) in [6, 6.07) is 0.553. The van der Waals surface area contributed by atoms with Gasteiger partial charge in [0.1, 0.15) is 0 Å². The molecular formula is C6H10N2. The van der Waals surface area contributed by atoms with Gasteiger partial charge in [-0.15, -0.1) is 0 Å². The molecule has 1 aromatic heterocycles. The Balaban J connectivity index is 3.29. The van der Waals surface area contributed by atoms with Gasteiger partial charge in [0.2, 0.25) is 0 Å². The molecule has 2 heteroatoms. The van der Waals surface area contributed by atoms with E-state index in [-0.39, 0.29) is 0 Å². The lowest BCUT2D eigenvalue weighted by Crippen LogP contribution is -1.91. The standard InChI is InChI=1S/C6H10N2/c1-5-4-6(2)8(3)7-5/h4H,1-3H3/i4D. The molecule has 0 radical (unpaired) electrons. The van der Waals surface area contributed by atoms with Crippen molar-refractivity contribution in [1.29, 1.82) is 0 Å². The van der Waals surface area contributed by atoms with E-state index in [0.29, 0.717) is 6.04 Å². The van der Waals surface area contributed by atoms with Crippen LogP contribution in [0.3, 0.4) is 0 Å². The molecule has 0 N–H and O–H groups in total. The SMILES string of the molecule is [2H]c1c(C)nn(C)c1C. The van der Waals surface area contributed by atoms with Crippen LogP contribution in [0.15, 0.2) is 6.04 Å². The molecule has 44 valence electrons. The molecule has 1 heterocycles. The molecule has 0 bridgehead atoms. The summed E-state index contributed by atoms with van der Waals surface area (Å²) in [5, 5.41) is 4.04. The zero-order valence-corrected chi connectivity index (χ0v) is 5.39. The molecule has 0 fully saturated rings. The minimum absolute atomic E-state index is 0.553. The Bertz CT molecular complexity index is 205. The lowest BCUT2D eigenvalue weighted by molar-refractivity contribution is 0.731. The normalized spacial score (nSPS) is 11.6. The molecule has 0 aliphatic heterocycles. The van der Waals surface area contributed by atoms with Gasteiger partial charge in [-0.1, -0.05) is 0 Å². The van der Waals surface area contributed by atoms with Gasteiger partial charge in [-0.25, -0.2) is 0 Å². The molecule has 0 unspecified atom stereocenters. The summed E-state index contributed by atoms with van der Waals surface area (Å²) >= 11 is 0. The summed E-state index contributed by atoms with van der Waals surface area (Å²) in [6.07, 6.45) is 0. The van der Waals surface area contributed by atoms with Gasteiger partial charge in [-0.3, -0.25) is 4.68 Å². The average Bonchev–Trinajstić information content (AvgIpc) is 1.98. The van der Waals surface area contributed by atoms with Crippen LogP contribution in [0.5, 0.6) is 0 Å². The number of aromatic nitrogens is 2. The lowest BCUT2D eigenvalue weighted by atomic mass is 10.4. The summed E-state index contributed by atoms with van der Waals surface area (Å²) in [4.78, 5) is 0. The lowest BCUT2D eigenvalue weighted by Gasteiger charge is -1.87. The van der Waals surface area contributed by atoms with Crippen molar-refractivity contribution in [3.05, 3.63) is 17.4 Å². The van der Waals surface area contributed by atoms with Crippen LogP contribution < -0.4 is 0 Å². The Kier molecular flexibility index (Phi) is 0.834. The zero-order valence-electron chi connectivity index (χ0n) is 6.39. The molecule has 0 aliphatic carbocycles. The fourth-order valence-electron chi connectivity index (χ4n) is 0.668. The molecule has 8 heavy (non-hydrogen) atoms. The fraction of sp³-hybridized carbons (Fsp3) is 0.500. The summed E-state index contributed by atoms with van der Waals surface area (Å²) in [5.41, 5.74) is 1.72. The first-order valence-electron chi connectivity index (χ1n) is 3.09. The molecule has 0 atom stereocenters. The van der Waals surface area contributed by atoms with Crippen molar-refractivity contribution in [2.75, 3.05) is 0 Å². The minimum Gasteiger partial charge on any atom is -0.273 e. The maximum absolute atomic E-state index is 7.38. The Labute approximate surface area is 50.5 Å². The van der Waals surface area contributed by atoms with Gasteiger partial charge in [-0.05, 0) is 19.9 Å². The highest BCUT2D eigenvalue weighted by Crippen LogP contribution is 1.96. The minimum atomic E-state index is 0.553. The van der Waals surface area contributed by atoms with Crippen molar-refractivity contribution < 1.29 is 1.37 Å². The van der Waals surface area contributed by atoms with Crippen molar-refractivity contribution >= 4 is 0 Å². The Morgan fingerprint density at radius 2 is 2.38 bits per heavy atom. The van der Waals surface area contributed by atoms with Crippen molar-refractivity contribution in [2.45, 2.75) is 13.8 Å². The van der Waals surface area contributed by atoms with E-state index >= 15 is 0 Å². The van der Waals surface area contributed by atoms with E-state index in [9.17, 15) is 0 Å². The van der Waals surface area contributed by atoms with E-state index in [0.717, 1.165) is 11.4 Å². The van der Waals surface area contributed by atoms with Gasteiger partial charge in [0.25, 0.3) is 0 Å². The van der Waals surface area contributed by atoms with Gasteiger partial charge in [-0.2, -0.15) is 5.10 Å². The smallest absolute Gasteiger partial charge is 0.0662 e. The third kappa shape index (κ3) is 0.735. The van der Waals surface area contributed by atoms with Crippen LogP contribution in [0.25, 0.3) is 0 Å². The molecule has 0 aliphatic rings. The van der Waals surface area contributed by atoms with Crippen LogP contribution in [-0.2, 0) is 7.05 Å². The van der Waals surface area contributed by atoms with E-state index < -0.39 is 0 Å². The van der Waals surface area contributed by atoms with Gasteiger partial charge in [0.15, 0.2) is 0 Å². The molecule has 0 aromatic carbocycles. The van der Waals surface area contributed by atoms with Crippen LogP contribution >= 0.6 is 0 Å². The Morgan fingerprint density at radius 3 is 2.50 bits per heavy atom. The number of nitrogens with zero attached hydrogens (tertiary/aromatic N) is 2. The molecule has 2 nitrogen and oxygen atoms in total. The highest BCUT2D eigenvalue weighted by Gasteiger charge is 1.91. The first kappa shape index (κ1) is 4.13. The fourth-order valence-corrected chi connectivity index (χ4v) is 0.668. The molecular weight excluding hydrogens is 100 g/mol. The van der Waals surface area contributed by atoms with E-state index in [1.807, 2.05) is 20.9 Å². The summed E-state index contributed by atoms with van der Waals surface area (Å²) in [7, 11) is 1.85. The van der Waals surface area contributed by atoms with Crippen LogP contribution in [0.1, 0.15) is 12.8 Å². The second-order valence-electron chi connectivity index (χ2n) is 1.92. The maximum atomic E-state index is 7.38. The van der Waals surface area contributed by atoms with E-state index in [4.69, 9.17) is 1.37 Å². The average molecular weight is 111 g/mol. The Hall–Kier alpha value is -0.790. The zero-order chi connectivity index (χ0) is 7.02. The first-order valence-corrected chi connectivity index (χ1v) is 2.59. The van der Waals surface area contributed by atoms with E-state index in [1.165, 1.54) is 0 Å². The Morgan fingerprint density at radius 1 is 1.75 bits per heavy atom. The number of aryl methyl sites for hydroxylation is 2. The van der Waals surface area contributed by atoms with Crippen LogP contribution in [0.4, 0.5) is 0 Å². The quantitative estimate of drug-likeness (QED) is 0.489. The third-order valence-corrected chi connectivity index (χ3v) is 1.15. The predicted molar refractivity (Wildman–Crippen MR) is 32.7 cm³/mol. The van der Waals surface area contributed by atoms with Gasteiger partial charge in [0, 0.05) is 12.7 Å². The second-order valence-corrected chi connectivity index (χ2v) is 1.92. The number of rotatable bonds is 0. The van der Waals surface area contributed by atoms with Crippen molar-refractivity contribution in [1.82, 2.24) is 9.78 Å². The van der Waals surface area contributed by atoms with E-state index in [2.05, 4.69) is 5.10 Å². The first-order chi connectivity index (χ1) is 4.13. The van der Waals surface area contributed by atoms with Gasteiger partial charge >= 0.3 is 0 Å². The van der Waals surface area contributed by atoms with E-state index in [1.54, 1.807) is 4.68 Å². The largest absolute Gasteiger partial charge is 0.273 e. The molecule has 1 aromatic rings.